The maximum Gasteiger partial charge on any atom is 0.164 e. The summed E-state index contributed by atoms with van der Waals surface area (Å²) in [6, 6.07) is 119. The van der Waals surface area contributed by atoms with Crippen molar-refractivity contribution in [1.82, 2.24) is 39.0 Å². The van der Waals surface area contributed by atoms with Gasteiger partial charge in [-0.15, -0.1) is 22.7 Å². The van der Waals surface area contributed by atoms with Crippen LogP contribution in [0.4, 0.5) is 0 Å². The van der Waals surface area contributed by atoms with Crippen LogP contribution in [-0.4, -0.2) is 39.0 Å². The predicted molar refractivity (Wildman–Crippen MR) is 466 cm³/mol. The molecular formula is C102H64N8O2S2. The molecule has 4 unspecified atom stereocenters. The Bertz CT molecular complexity index is 7330. The quantitative estimate of drug-likeness (QED) is 0.133. The highest BCUT2D eigenvalue weighted by Crippen LogP contribution is 2.56. The normalized spacial score (nSPS) is 15.4. The minimum absolute atomic E-state index is 0.0418. The van der Waals surface area contributed by atoms with Crippen LogP contribution in [0.25, 0.3) is 176 Å². The second kappa shape index (κ2) is 26.7. The number of nitrogens with zero attached hydrogens (tertiary/aromatic N) is 8. The molecule has 0 spiro atoms. The fourth-order valence-corrected chi connectivity index (χ4v) is 19.7. The van der Waals surface area contributed by atoms with Crippen molar-refractivity contribution in [1.29, 1.82) is 0 Å². The number of rotatable bonds is 10. The first kappa shape index (κ1) is 65.6. The number of thiophene rings is 2. The number of benzene rings is 14. The molecule has 4 aliphatic rings. The number of hydrogen-bond donors (Lipinski definition) is 0. The first-order chi connectivity index (χ1) is 56.5. The van der Waals surface area contributed by atoms with Crippen LogP contribution in [0, 0.1) is 0 Å². The van der Waals surface area contributed by atoms with Crippen molar-refractivity contribution in [2.75, 3.05) is 0 Å². The number of ether oxygens (including phenoxy) is 2. The van der Waals surface area contributed by atoms with Crippen molar-refractivity contribution >= 4 is 97.0 Å². The minimum Gasteiger partial charge on any atom is -0.484 e. The summed E-state index contributed by atoms with van der Waals surface area (Å²) >= 11 is 3.62. The lowest BCUT2D eigenvalue weighted by Gasteiger charge is -2.22. The highest BCUT2D eigenvalue weighted by atomic mass is 32.1. The summed E-state index contributed by atoms with van der Waals surface area (Å²) in [4.78, 5) is 31.1. The summed E-state index contributed by atoms with van der Waals surface area (Å²) in [5.41, 5.74) is 21.9. The SMILES string of the molecule is C1=CC2c3cc(-c4nc(-c5ccc(-c6ccccc6)cc5)nc(-c5ccc6sc7ccccc7c6c5)n4)ccc3OC2c2c1n(-c1ccccc1)c1ccccc21.C1=CC2c3cc(-c4nc(-c5cccc(-c6ccccc6)c5)nc(-c5ccc6sc7ccccc7c6c5)n4)ccc3OC2c2c1n(-c1ccccc1)c1ccccc21. The van der Waals surface area contributed by atoms with E-state index in [1.807, 2.05) is 34.8 Å². The molecule has 8 heterocycles. The Kier molecular flexibility index (Phi) is 15.4. The van der Waals surface area contributed by atoms with Gasteiger partial charge in [0.15, 0.2) is 34.9 Å². The lowest BCUT2D eigenvalue weighted by Crippen LogP contribution is -2.13. The van der Waals surface area contributed by atoms with E-state index in [-0.39, 0.29) is 24.0 Å². The minimum atomic E-state index is -0.150. The van der Waals surface area contributed by atoms with E-state index >= 15 is 0 Å². The molecule has 536 valence electrons. The Morgan fingerprint density at radius 3 is 1.04 bits per heavy atom. The van der Waals surface area contributed by atoms with Gasteiger partial charge >= 0.3 is 0 Å². The third kappa shape index (κ3) is 11.0. The van der Waals surface area contributed by atoms with E-state index in [2.05, 4.69) is 361 Å². The fraction of sp³-hybridized carbons (Fsp3) is 0.0392. The van der Waals surface area contributed by atoms with Crippen LogP contribution < -0.4 is 9.47 Å². The molecule has 20 aromatic rings. The summed E-state index contributed by atoms with van der Waals surface area (Å²) in [7, 11) is 0. The third-order valence-electron chi connectivity index (χ3n) is 22.9. The smallest absolute Gasteiger partial charge is 0.164 e. The first-order valence-corrected chi connectivity index (χ1v) is 40.1. The van der Waals surface area contributed by atoms with Crippen LogP contribution in [0.2, 0.25) is 0 Å². The molecule has 24 rings (SSSR count). The summed E-state index contributed by atoms with van der Waals surface area (Å²) in [6.45, 7) is 0. The topological polar surface area (TPSA) is 106 Å². The fourth-order valence-electron chi connectivity index (χ4n) is 17.5. The van der Waals surface area contributed by atoms with Crippen molar-refractivity contribution in [2.24, 2.45) is 0 Å². The highest BCUT2D eigenvalue weighted by Gasteiger charge is 2.42. The Morgan fingerprint density at radius 2 is 0.570 bits per heavy atom. The Balaban J connectivity index is 0.000000135. The highest BCUT2D eigenvalue weighted by molar-refractivity contribution is 7.26. The molecule has 0 amide bonds. The first-order valence-electron chi connectivity index (χ1n) is 38.5. The molecule has 0 saturated heterocycles. The van der Waals surface area contributed by atoms with Gasteiger partial charge in [0.05, 0.1) is 22.4 Å². The summed E-state index contributed by atoms with van der Waals surface area (Å²) in [5.74, 6) is 5.68. The third-order valence-corrected chi connectivity index (χ3v) is 25.2. The van der Waals surface area contributed by atoms with Gasteiger partial charge in [-0.3, -0.25) is 0 Å². The lowest BCUT2D eigenvalue weighted by molar-refractivity contribution is 0.224. The molecule has 4 atom stereocenters. The molecule has 0 saturated carbocycles. The van der Waals surface area contributed by atoms with E-state index in [9.17, 15) is 0 Å². The van der Waals surface area contributed by atoms with Gasteiger partial charge in [0.1, 0.15) is 23.7 Å². The van der Waals surface area contributed by atoms with Crippen molar-refractivity contribution in [3.8, 4) is 113 Å². The van der Waals surface area contributed by atoms with Crippen molar-refractivity contribution in [3.63, 3.8) is 0 Å². The van der Waals surface area contributed by atoms with Crippen molar-refractivity contribution < 1.29 is 9.47 Å². The van der Waals surface area contributed by atoms with Gasteiger partial charge in [-0.25, -0.2) is 29.9 Å². The maximum atomic E-state index is 6.88. The lowest BCUT2D eigenvalue weighted by atomic mass is 9.85. The van der Waals surface area contributed by atoms with Crippen LogP contribution in [0.3, 0.4) is 0 Å². The monoisotopic (exact) mass is 1500 g/mol. The standard InChI is InChI=1S/2C51H32N4OS/c1-3-12-31(13-4-1)32-14-11-15-33(28-32)49-52-50(54-51(53-49)35-23-27-46-41(30-35)37-18-8-10-21-45(37)57-46)34-22-26-44-40(29-34)38-24-25-43-47(48(38)56-44)39-19-7-9-20-42(39)55(43)36-16-5-2-6-17-36;1-3-11-31(12-4-1)32-19-21-33(22-20-32)49-52-50(54-51(53-49)35-24-28-46-41(30-35)37-15-8-10-18-45(37)57-46)34-23-27-44-40(29-34)38-25-26-43-47(48(38)56-44)39-16-7-9-17-42(39)55(43)36-13-5-2-6-14-36/h2*1-30,38,48H. The molecule has 0 bridgehead atoms. The largest absolute Gasteiger partial charge is 0.484 e. The molecule has 0 radical (unpaired) electrons. The predicted octanol–water partition coefficient (Wildman–Crippen LogP) is 26.2. The molecule has 0 fully saturated rings. The van der Waals surface area contributed by atoms with E-state index in [1.54, 1.807) is 0 Å². The zero-order valence-corrected chi connectivity index (χ0v) is 62.8. The average molecular weight is 1500 g/mol. The summed E-state index contributed by atoms with van der Waals surface area (Å²) in [6.07, 6.45) is 8.86. The van der Waals surface area contributed by atoms with Crippen LogP contribution >= 0.6 is 22.7 Å². The van der Waals surface area contributed by atoms with E-state index in [4.69, 9.17) is 39.4 Å². The Hall–Kier alpha value is -14.3. The molecule has 0 N–H and O–H groups in total. The van der Waals surface area contributed by atoms with Gasteiger partial charge in [-0.2, -0.15) is 0 Å². The zero-order valence-electron chi connectivity index (χ0n) is 61.2. The van der Waals surface area contributed by atoms with Gasteiger partial charge in [0.2, 0.25) is 0 Å². The van der Waals surface area contributed by atoms with Crippen LogP contribution in [0.15, 0.2) is 352 Å². The van der Waals surface area contributed by atoms with E-state index in [0.29, 0.717) is 34.9 Å². The van der Waals surface area contributed by atoms with E-state index in [0.717, 1.165) is 95.5 Å². The average Bonchev–Trinajstić information content (AvgIpc) is 1.57. The van der Waals surface area contributed by atoms with Gasteiger partial charge in [0.25, 0.3) is 0 Å². The second-order valence-corrected chi connectivity index (χ2v) is 31.6. The van der Waals surface area contributed by atoms with Gasteiger partial charge in [0, 0.05) is 130 Å². The van der Waals surface area contributed by atoms with Gasteiger partial charge in [-0.05, 0) is 162 Å². The van der Waals surface area contributed by atoms with Gasteiger partial charge in [-0.1, -0.05) is 224 Å². The number of aromatic nitrogens is 8. The summed E-state index contributed by atoms with van der Waals surface area (Å²) in [5, 5.41) is 7.33. The zero-order chi connectivity index (χ0) is 74.9. The maximum absolute atomic E-state index is 6.88. The van der Waals surface area contributed by atoms with Crippen molar-refractivity contribution in [3.05, 3.63) is 386 Å². The van der Waals surface area contributed by atoms with Crippen molar-refractivity contribution in [2.45, 2.75) is 24.0 Å². The number of para-hydroxylation sites is 4. The Morgan fingerprint density at radius 1 is 0.246 bits per heavy atom. The molecule has 12 heteroatoms. The number of hydrogen-bond acceptors (Lipinski definition) is 10. The molecule has 6 aromatic heterocycles. The van der Waals surface area contributed by atoms with E-state index in [1.165, 1.54) is 78.8 Å². The Labute approximate surface area is 663 Å². The molecule has 14 aromatic carbocycles. The van der Waals surface area contributed by atoms with Crippen LogP contribution in [0.5, 0.6) is 11.5 Å². The molecule has 114 heavy (non-hydrogen) atoms. The van der Waals surface area contributed by atoms with E-state index < -0.39 is 0 Å². The molecular weight excluding hydrogens is 1430 g/mol. The summed E-state index contributed by atoms with van der Waals surface area (Å²) < 4.78 is 23.5. The molecule has 10 nitrogen and oxygen atoms in total. The molecule has 2 aliphatic carbocycles. The van der Waals surface area contributed by atoms with Crippen LogP contribution in [0.1, 0.15) is 57.7 Å². The number of fused-ring (bicyclic) bond motifs is 20. The van der Waals surface area contributed by atoms with Crippen LogP contribution in [-0.2, 0) is 0 Å². The second-order valence-electron chi connectivity index (χ2n) is 29.4. The molecule has 2 aliphatic heterocycles. The van der Waals surface area contributed by atoms with Gasteiger partial charge < -0.3 is 18.6 Å².